The van der Waals surface area contributed by atoms with E-state index in [-0.39, 0.29) is 12.0 Å². The highest BCUT2D eigenvalue weighted by Gasteiger charge is 2.19. The zero-order valence-corrected chi connectivity index (χ0v) is 12.7. The number of amides is 2. The molecule has 0 bridgehead atoms. The first kappa shape index (κ1) is 14.8. The van der Waals surface area contributed by atoms with Crippen molar-refractivity contribution in [1.82, 2.24) is 4.90 Å². The van der Waals surface area contributed by atoms with Gasteiger partial charge in [0.05, 0.1) is 11.6 Å². The van der Waals surface area contributed by atoms with Crippen LogP contribution in [0.25, 0.3) is 0 Å². The number of likely N-dealkylation sites (tertiary alicyclic amines) is 1. The lowest BCUT2D eigenvalue weighted by Gasteiger charge is -2.26. The molecule has 2 amide bonds. The molecule has 1 aliphatic heterocycles. The average Bonchev–Trinajstić information content (AvgIpc) is 2.81. The van der Waals surface area contributed by atoms with Gasteiger partial charge in [0.15, 0.2) is 0 Å². The van der Waals surface area contributed by atoms with E-state index >= 15 is 0 Å². The van der Waals surface area contributed by atoms with E-state index in [1.54, 1.807) is 6.92 Å². The van der Waals surface area contributed by atoms with Crippen LogP contribution in [-0.2, 0) is 4.74 Å². The van der Waals surface area contributed by atoms with Crippen LogP contribution in [0.3, 0.4) is 0 Å². The number of esters is 1. The number of aryl methyl sites for hydroxylation is 1. The molecule has 2 heterocycles. The second-order valence-corrected chi connectivity index (χ2v) is 5.87. The quantitative estimate of drug-likeness (QED) is 0.871. The molecule has 0 radical (unpaired) electrons. The summed E-state index contributed by atoms with van der Waals surface area (Å²) in [4.78, 5) is 26.2. The van der Waals surface area contributed by atoms with Gasteiger partial charge in [0, 0.05) is 13.1 Å². The van der Waals surface area contributed by atoms with Crippen LogP contribution in [0.4, 0.5) is 9.80 Å². The molecule has 6 heteroatoms. The molecule has 0 spiro atoms. The second kappa shape index (κ2) is 6.74. The van der Waals surface area contributed by atoms with Gasteiger partial charge in [0.2, 0.25) is 0 Å². The molecular formula is C14H20N2O3S. The van der Waals surface area contributed by atoms with Crippen LogP contribution in [0, 0.1) is 6.92 Å². The number of hydrogen-bond acceptors (Lipinski definition) is 4. The molecule has 2 rings (SSSR count). The van der Waals surface area contributed by atoms with Gasteiger partial charge < -0.3 is 9.64 Å². The maximum Gasteiger partial charge on any atom is 0.348 e. The van der Waals surface area contributed by atoms with Gasteiger partial charge in [-0.1, -0.05) is 0 Å². The number of anilines is 1. The van der Waals surface area contributed by atoms with Crippen LogP contribution in [0.1, 0.15) is 41.4 Å². The van der Waals surface area contributed by atoms with Crippen molar-refractivity contribution < 1.29 is 14.3 Å². The molecule has 1 aromatic heterocycles. The normalized spacial score (nSPS) is 15.0. The van der Waals surface area contributed by atoms with Crippen molar-refractivity contribution in [3.63, 3.8) is 0 Å². The minimum atomic E-state index is -0.325. The Bertz CT molecular complexity index is 493. The lowest BCUT2D eigenvalue weighted by Crippen LogP contribution is -2.38. The number of ether oxygens (including phenoxy) is 1. The highest BCUT2D eigenvalue weighted by atomic mass is 32.1. The summed E-state index contributed by atoms with van der Waals surface area (Å²) in [5.41, 5.74) is 0.836. The van der Waals surface area contributed by atoms with Crippen molar-refractivity contribution in [3.8, 4) is 0 Å². The van der Waals surface area contributed by atoms with Crippen molar-refractivity contribution in [1.29, 1.82) is 0 Å². The van der Waals surface area contributed by atoms with E-state index in [1.807, 2.05) is 17.9 Å². The highest BCUT2D eigenvalue weighted by molar-refractivity contribution is 7.18. The van der Waals surface area contributed by atoms with Gasteiger partial charge in [-0.15, -0.1) is 11.3 Å². The van der Waals surface area contributed by atoms with Crippen molar-refractivity contribution >= 4 is 28.3 Å². The number of hydrogen-bond donors (Lipinski definition) is 1. The first-order valence-electron chi connectivity index (χ1n) is 6.95. The van der Waals surface area contributed by atoms with Gasteiger partial charge in [0.1, 0.15) is 4.88 Å². The number of nitrogens with one attached hydrogen (secondary N) is 1. The predicted octanol–water partition coefficient (Wildman–Crippen LogP) is 3.25. The third-order valence-corrected chi connectivity index (χ3v) is 4.38. The van der Waals surface area contributed by atoms with Crippen LogP contribution >= 0.6 is 11.3 Å². The smallest absolute Gasteiger partial charge is 0.348 e. The van der Waals surface area contributed by atoms with Gasteiger partial charge in [0.25, 0.3) is 0 Å². The number of thiophene rings is 1. The second-order valence-electron chi connectivity index (χ2n) is 4.82. The molecule has 110 valence electrons. The Morgan fingerprint density at radius 2 is 2.05 bits per heavy atom. The molecule has 0 saturated carbocycles. The SMILES string of the molecule is CCOC(=O)c1sc(NC(=O)N2CCCCC2)cc1C. The third kappa shape index (κ3) is 3.50. The average molecular weight is 296 g/mol. The van der Waals surface area contributed by atoms with E-state index in [0.29, 0.717) is 16.5 Å². The molecule has 1 fully saturated rings. The molecule has 0 unspecified atom stereocenters. The molecule has 1 aromatic rings. The summed E-state index contributed by atoms with van der Waals surface area (Å²) >= 11 is 1.27. The van der Waals surface area contributed by atoms with Gasteiger partial charge in [-0.25, -0.2) is 9.59 Å². The maximum atomic E-state index is 12.1. The number of carbonyl (C=O) groups is 2. The van der Waals surface area contributed by atoms with Crippen molar-refractivity contribution in [2.45, 2.75) is 33.1 Å². The van der Waals surface area contributed by atoms with Crippen LogP contribution < -0.4 is 5.32 Å². The van der Waals surface area contributed by atoms with Crippen LogP contribution in [0.15, 0.2) is 6.07 Å². The first-order chi connectivity index (χ1) is 9.61. The molecule has 0 aromatic carbocycles. The molecule has 20 heavy (non-hydrogen) atoms. The summed E-state index contributed by atoms with van der Waals surface area (Å²) in [5, 5.41) is 3.56. The molecular weight excluding hydrogens is 276 g/mol. The zero-order valence-electron chi connectivity index (χ0n) is 11.9. The Morgan fingerprint density at radius 1 is 1.35 bits per heavy atom. The Hall–Kier alpha value is -1.56. The van der Waals surface area contributed by atoms with Crippen LogP contribution in [-0.4, -0.2) is 36.6 Å². The fourth-order valence-electron chi connectivity index (χ4n) is 2.22. The molecule has 1 saturated heterocycles. The van der Waals surface area contributed by atoms with E-state index in [1.165, 1.54) is 17.8 Å². The lowest BCUT2D eigenvalue weighted by atomic mass is 10.1. The number of nitrogens with zero attached hydrogens (tertiary/aromatic N) is 1. The number of urea groups is 1. The molecule has 1 aliphatic rings. The summed E-state index contributed by atoms with van der Waals surface area (Å²) in [6.07, 6.45) is 3.31. The van der Waals surface area contributed by atoms with E-state index in [2.05, 4.69) is 5.32 Å². The molecule has 5 nitrogen and oxygen atoms in total. The molecule has 0 aliphatic carbocycles. The lowest BCUT2D eigenvalue weighted by molar-refractivity contribution is 0.0531. The summed E-state index contributed by atoms with van der Waals surface area (Å²) in [7, 11) is 0. The van der Waals surface area contributed by atoms with Crippen LogP contribution in [0.5, 0.6) is 0 Å². The summed E-state index contributed by atoms with van der Waals surface area (Å²) in [6, 6.07) is 1.74. The number of carbonyl (C=O) groups excluding carboxylic acids is 2. The Balaban J connectivity index is 2.01. The topological polar surface area (TPSA) is 58.6 Å². The van der Waals surface area contributed by atoms with Gasteiger partial charge in [-0.05, 0) is 44.7 Å². The Morgan fingerprint density at radius 3 is 2.70 bits per heavy atom. The standard InChI is InChI=1S/C14H20N2O3S/c1-3-19-13(17)12-10(2)9-11(20-12)15-14(18)16-7-5-4-6-8-16/h9H,3-8H2,1-2H3,(H,15,18). The summed E-state index contributed by atoms with van der Waals surface area (Å²) in [5.74, 6) is -0.325. The largest absolute Gasteiger partial charge is 0.462 e. The summed E-state index contributed by atoms with van der Waals surface area (Å²) in [6.45, 7) is 5.59. The van der Waals surface area contributed by atoms with Crippen LogP contribution in [0.2, 0.25) is 0 Å². The first-order valence-corrected chi connectivity index (χ1v) is 7.77. The van der Waals surface area contributed by atoms with Crippen molar-refractivity contribution in [2.75, 3.05) is 25.0 Å². The Kier molecular flexibility index (Phi) is 5.00. The van der Waals surface area contributed by atoms with E-state index in [9.17, 15) is 9.59 Å². The fourth-order valence-corrected chi connectivity index (χ4v) is 3.18. The highest BCUT2D eigenvalue weighted by Crippen LogP contribution is 2.27. The summed E-state index contributed by atoms with van der Waals surface area (Å²) < 4.78 is 4.99. The number of rotatable bonds is 3. The van der Waals surface area contributed by atoms with E-state index in [0.717, 1.165) is 31.5 Å². The fraction of sp³-hybridized carbons (Fsp3) is 0.571. The monoisotopic (exact) mass is 296 g/mol. The van der Waals surface area contributed by atoms with Gasteiger partial charge in [-0.3, -0.25) is 5.32 Å². The third-order valence-electron chi connectivity index (χ3n) is 3.25. The Labute approximate surface area is 122 Å². The maximum absolute atomic E-state index is 12.1. The van der Waals surface area contributed by atoms with Crippen molar-refractivity contribution in [3.05, 3.63) is 16.5 Å². The van der Waals surface area contributed by atoms with Gasteiger partial charge >= 0.3 is 12.0 Å². The van der Waals surface area contributed by atoms with E-state index < -0.39 is 0 Å². The van der Waals surface area contributed by atoms with Gasteiger partial charge in [-0.2, -0.15) is 0 Å². The minimum absolute atomic E-state index is 0.0821. The van der Waals surface area contributed by atoms with Crippen molar-refractivity contribution in [2.24, 2.45) is 0 Å². The number of piperidine rings is 1. The van der Waals surface area contributed by atoms with E-state index in [4.69, 9.17) is 4.74 Å². The minimum Gasteiger partial charge on any atom is -0.462 e. The molecule has 1 N–H and O–H groups in total. The molecule has 0 atom stereocenters. The zero-order chi connectivity index (χ0) is 14.5. The predicted molar refractivity (Wildman–Crippen MR) is 79.5 cm³/mol.